The number of carbonyl (C=O) groups is 1. The topological polar surface area (TPSA) is 71.5 Å². The largest absolute Gasteiger partial charge is 0.493 e. The van der Waals surface area contributed by atoms with Gasteiger partial charge >= 0.3 is 5.97 Å². The highest BCUT2D eigenvalue weighted by Crippen LogP contribution is 2.40. The summed E-state index contributed by atoms with van der Waals surface area (Å²) in [5, 5.41) is 8.74. The zero-order chi connectivity index (χ0) is 24.9. The predicted molar refractivity (Wildman–Crippen MR) is 137 cm³/mol. The summed E-state index contributed by atoms with van der Waals surface area (Å²) in [5.41, 5.74) is 2.47. The van der Waals surface area contributed by atoms with Gasteiger partial charge in [0.05, 0.1) is 20.8 Å². The molecule has 1 aliphatic heterocycles. The quantitative estimate of drug-likeness (QED) is 0.363. The molecule has 2 aromatic carbocycles. The smallest absolute Gasteiger partial charge is 0.303 e. The first-order chi connectivity index (χ1) is 17.1. The average Bonchev–Trinajstić information content (AvgIpc) is 2.87. The van der Waals surface area contributed by atoms with E-state index in [0.29, 0.717) is 18.1 Å². The van der Waals surface area contributed by atoms with E-state index in [9.17, 15) is 4.79 Å². The van der Waals surface area contributed by atoms with Crippen LogP contribution >= 0.6 is 0 Å². The summed E-state index contributed by atoms with van der Waals surface area (Å²) in [6, 6.07) is 14.7. The zero-order valence-electron chi connectivity index (χ0n) is 21.2. The molecule has 1 N–H and O–H groups in total. The molecular formula is C28H40N2O5. The van der Waals surface area contributed by atoms with Crippen molar-refractivity contribution >= 4 is 5.97 Å². The Morgan fingerprint density at radius 3 is 2.11 bits per heavy atom. The van der Waals surface area contributed by atoms with E-state index in [1.54, 1.807) is 14.2 Å². The van der Waals surface area contributed by atoms with Crippen LogP contribution in [0.4, 0.5) is 0 Å². The van der Waals surface area contributed by atoms with Crippen LogP contribution in [-0.4, -0.2) is 67.9 Å². The lowest BCUT2D eigenvalue weighted by Gasteiger charge is -2.35. The summed E-state index contributed by atoms with van der Waals surface area (Å²) < 4.78 is 17.4. The molecule has 0 amide bonds. The van der Waals surface area contributed by atoms with Crippen molar-refractivity contribution in [3.8, 4) is 17.2 Å². The summed E-state index contributed by atoms with van der Waals surface area (Å²) in [6.45, 7) is 6.51. The molecule has 0 aliphatic carbocycles. The lowest BCUT2D eigenvalue weighted by atomic mass is 10.1. The van der Waals surface area contributed by atoms with Crippen LogP contribution in [0, 0.1) is 0 Å². The van der Waals surface area contributed by atoms with Crippen LogP contribution in [0.2, 0.25) is 0 Å². The van der Waals surface area contributed by atoms with Crippen molar-refractivity contribution in [2.45, 2.75) is 51.6 Å². The van der Waals surface area contributed by atoms with Crippen LogP contribution in [0.25, 0.3) is 0 Å². The Bertz CT molecular complexity index is 898. The maximum Gasteiger partial charge on any atom is 0.303 e. The fraction of sp³-hybridized carbons (Fsp3) is 0.536. The standard InChI is InChI=1S/C28H40N2O5/c1-33-25-15-14-24(22-30-18-16-29(17-19-30)21-23-11-7-6-8-12-23)27(28(25)34-2)35-20-10-5-3-4-9-13-26(31)32/h6-8,11-12,14-15H,3-5,9-10,13,16-22H2,1-2H3,(H,31,32). The first-order valence-corrected chi connectivity index (χ1v) is 12.7. The number of piperazine rings is 1. The molecule has 0 aromatic heterocycles. The molecule has 1 saturated heterocycles. The van der Waals surface area contributed by atoms with E-state index >= 15 is 0 Å². The summed E-state index contributed by atoms with van der Waals surface area (Å²) >= 11 is 0. The van der Waals surface area contributed by atoms with Gasteiger partial charge in [0.15, 0.2) is 11.5 Å². The Morgan fingerprint density at radius 2 is 1.46 bits per heavy atom. The highest BCUT2D eigenvalue weighted by Gasteiger charge is 2.22. The van der Waals surface area contributed by atoms with Crippen LogP contribution in [-0.2, 0) is 17.9 Å². The second kappa shape index (κ2) is 14.6. The number of methoxy groups -OCH3 is 2. The van der Waals surface area contributed by atoms with Gasteiger partial charge in [-0.05, 0) is 24.5 Å². The van der Waals surface area contributed by atoms with Crippen molar-refractivity contribution in [2.75, 3.05) is 47.0 Å². The van der Waals surface area contributed by atoms with E-state index in [4.69, 9.17) is 19.3 Å². The van der Waals surface area contributed by atoms with Crippen LogP contribution < -0.4 is 14.2 Å². The molecule has 0 unspecified atom stereocenters. The van der Waals surface area contributed by atoms with Crippen LogP contribution in [0.15, 0.2) is 42.5 Å². The Hall–Kier alpha value is -2.77. The lowest BCUT2D eigenvalue weighted by molar-refractivity contribution is -0.137. The summed E-state index contributed by atoms with van der Waals surface area (Å²) in [6.07, 6.45) is 4.89. The fourth-order valence-corrected chi connectivity index (χ4v) is 4.49. The molecule has 1 aliphatic rings. The van der Waals surface area contributed by atoms with Gasteiger partial charge in [0.2, 0.25) is 5.75 Å². The number of hydrogen-bond donors (Lipinski definition) is 1. The molecule has 0 atom stereocenters. The molecule has 1 fully saturated rings. The molecule has 3 rings (SSSR count). The maximum absolute atomic E-state index is 10.6. The third-order valence-corrected chi connectivity index (χ3v) is 6.47. The van der Waals surface area contributed by atoms with Crippen molar-refractivity contribution < 1.29 is 24.1 Å². The number of carboxylic acids is 1. The van der Waals surface area contributed by atoms with Crippen molar-refractivity contribution in [3.05, 3.63) is 53.6 Å². The van der Waals surface area contributed by atoms with Gasteiger partial charge in [-0.25, -0.2) is 0 Å². The maximum atomic E-state index is 10.6. The van der Waals surface area contributed by atoms with E-state index in [2.05, 4.69) is 46.2 Å². The highest BCUT2D eigenvalue weighted by atomic mass is 16.5. The third-order valence-electron chi connectivity index (χ3n) is 6.47. The molecule has 0 spiro atoms. The molecular weight excluding hydrogens is 444 g/mol. The van der Waals surface area contributed by atoms with E-state index in [1.165, 1.54) is 5.56 Å². The molecule has 7 nitrogen and oxygen atoms in total. The first kappa shape index (κ1) is 26.8. The Balaban J connectivity index is 1.52. The third kappa shape index (κ3) is 8.75. The molecule has 1 heterocycles. The van der Waals surface area contributed by atoms with Crippen LogP contribution in [0.1, 0.15) is 49.7 Å². The molecule has 7 heteroatoms. The number of carboxylic acid groups (broad SMARTS) is 1. The average molecular weight is 485 g/mol. The minimum Gasteiger partial charge on any atom is -0.493 e. The number of nitrogens with zero attached hydrogens (tertiary/aromatic N) is 2. The molecule has 35 heavy (non-hydrogen) atoms. The second-order valence-corrected chi connectivity index (χ2v) is 9.09. The van der Waals surface area contributed by atoms with E-state index < -0.39 is 5.97 Å². The van der Waals surface area contributed by atoms with Gasteiger partial charge < -0.3 is 19.3 Å². The number of hydrogen-bond acceptors (Lipinski definition) is 6. The van der Waals surface area contributed by atoms with Crippen molar-refractivity contribution in [1.29, 1.82) is 0 Å². The summed E-state index contributed by atoms with van der Waals surface area (Å²) in [5.74, 6) is 1.37. The van der Waals surface area contributed by atoms with Gasteiger partial charge in [0.25, 0.3) is 0 Å². The number of unbranched alkanes of at least 4 members (excludes halogenated alkanes) is 4. The second-order valence-electron chi connectivity index (χ2n) is 9.09. The molecule has 0 saturated carbocycles. The fourth-order valence-electron chi connectivity index (χ4n) is 4.49. The predicted octanol–water partition coefficient (Wildman–Crippen LogP) is 4.83. The molecule has 2 aromatic rings. The van der Waals surface area contributed by atoms with Crippen LogP contribution in [0.5, 0.6) is 17.2 Å². The first-order valence-electron chi connectivity index (χ1n) is 12.7. The van der Waals surface area contributed by atoms with Crippen molar-refractivity contribution in [2.24, 2.45) is 0 Å². The Kier molecular flexibility index (Phi) is 11.2. The van der Waals surface area contributed by atoms with E-state index in [0.717, 1.165) is 82.7 Å². The van der Waals surface area contributed by atoms with Gasteiger partial charge in [0, 0.05) is 51.3 Å². The Labute approximate surface area is 209 Å². The van der Waals surface area contributed by atoms with E-state index in [-0.39, 0.29) is 6.42 Å². The summed E-state index contributed by atoms with van der Waals surface area (Å²) in [7, 11) is 3.30. The van der Waals surface area contributed by atoms with Gasteiger partial charge in [-0.3, -0.25) is 14.6 Å². The summed E-state index contributed by atoms with van der Waals surface area (Å²) in [4.78, 5) is 15.6. The molecule has 192 valence electrons. The van der Waals surface area contributed by atoms with Gasteiger partial charge in [0.1, 0.15) is 0 Å². The van der Waals surface area contributed by atoms with Crippen LogP contribution in [0.3, 0.4) is 0 Å². The van der Waals surface area contributed by atoms with Gasteiger partial charge in [-0.1, -0.05) is 55.7 Å². The molecule has 0 bridgehead atoms. The van der Waals surface area contributed by atoms with Gasteiger partial charge in [-0.15, -0.1) is 0 Å². The molecule has 0 radical (unpaired) electrons. The Morgan fingerprint density at radius 1 is 0.800 bits per heavy atom. The number of aliphatic carboxylic acids is 1. The minimum atomic E-state index is -0.719. The van der Waals surface area contributed by atoms with Crippen molar-refractivity contribution in [3.63, 3.8) is 0 Å². The highest BCUT2D eigenvalue weighted by molar-refractivity contribution is 5.66. The number of ether oxygens (including phenoxy) is 3. The zero-order valence-corrected chi connectivity index (χ0v) is 21.2. The van der Waals surface area contributed by atoms with E-state index in [1.807, 2.05) is 6.07 Å². The monoisotopic (exact) mass is 484 g/mol. The number of benzene rings is 2. The van der Waals surface area contributed by atoms with Gasteiger partial charge in [-0.2, -0.15) is 0 Å². The SMILES string of the molecule is COc1ccc(CN2CCN(Cc3ccccc3)CC2)c(OCCCCCCCC(=O)O)c1OC. The minimum absolute atomic E-state index is 0.251. The number of rotatable bonds is 15. The normalized spacial score (nSPS) is 14.6. The lowest BCUT2D eigenvalue weighted by Crippen LogP contribution is -2.45. The van der Waals surface area contributed by atoms with Crippen molar-refractivity contribution in [1.82, 2.24) is 9.80 Å².